The van der Waals surface area contributed by atoms with Crippen LogP contribution in [0.25, 0.3) is 10.9 Å². The molecule has 3 heterocycles. The third kappa shape index (κ3) is 4.42. The van der Waals surface area contributed by atoms with Gasteiger partial charge < -0.3 is 9.64 Å². The number of alkyl halides is 1. The Morgan fingerprint density at radius 1 is 1.21 bits per heavy atom. The number of carbonyl (C=O) groups is 1. The second-order valence-electron chi connectivity index (χ2n) is 7.34. The standard InChI is InChI=1S/C17H19Cl2F2N5O2/c1-17(2,3)28-16(27)26-6-4-25(5-7-26)14(21)12-9-8-22-13(18)10(20)11(9)23-15(19)24-12/h8,14H,4-7H2,1-3H3. The minimum atomic E-state index is -1.67. The largest absolute Gasteiger partial charge is 0.444 e. The van der Waals surface area contributed by atoms with Crippen molar-refractivity contribution in [1.29, 1.82) is 0 Å². The summed E-state index contributed by atoms with van der Waals surface area (Å²) in [7, 11) is 0. The number of hydrogen-bond donors (Lipinski definition) is 0. The van der Waals surface area contributed by atoms with Crippen LogP contribution in [0, 0.1) is 5.82 Å². The Labute approximate surface area is 170 Å². The van der Waals surface area contributed by atoms with Crippen LogP contribution in [0.15, 0.2) is 6.20 Å². The van der Waals surface area contributed by atoms with Crippen molar-refractivity contribution in [3.63, 3.8) is 0 Å². The molecule has 2 aromatic heterocycles. The highest BCUT2D eigenvalue weighted by Crippen LogP contribution is 2.31. The van der Waals surface area contributed by atoms with Crippen LogP contribution in [0.1, 0.15) is 32.8 Å². The van der Waals surface area contributed by atoms with Gasteiger partial charge in [0.25, 0.3) is 0 Å². The molecule has 7 nitrogen and oxygen atoms in total. The Hall–Kier alpha value is -1.84. The van der Waals surface area contributed by atoms with E-state index in [1.807, 2.05) is 0 Å². The Morgan fingerprint density at radius 2 is 1.86 bits per heavy atom. The van der Waals surface area contributed by atoms with Crippen LogP contribution in [-0.4, -0.2) is 62.6 Å². The van der Waals surface area contributed by atoms with Crippen LogP contribution < -0.4 is 0 Å². The maximum atomic E-state index is 15.2. The lowest BCUT2D eigenvalue weighted by atomic mass is 10.2. The van der Waals surface area contributed by atoms with Gasteiger partial charge in [0.15, 0.2) is 17.3 Å². The summed E-state index contributed by atoms with van der Waals surface area (Å²) in [5, 5.41) is -0.582. The van der Waals surface area contributed by atoms with Crippen molar-refractivity contribution in [3.8, 4) is 0 Å². The van der Waals surface area contributed by atoms with E-state index in [-0.39, 0.29) is 53.2 Å². The number of carbonyl (C=O) groups excluding carboxylic acids is 1. The summed E-state index contributed by atoms with van der Waals surface area (Å²) in [6, 6.07) is 0. The number of piperazine rings is 1. The molecule has 0 bridgehead atoms. The Bertz CT molecular complexity index is 901. The second kappa shape index (κ2) is 7.88. The molecule has 28 heavy (non-hydrogen) atoms. The Morgan fingerprint density at radius 3 is 2.46 bits per heavy atom. The highest BCUT2D eigenvalue weighted by Gasteiger charge is 2.31. The lowest BCUT2D eigenvalue weighted by Gasteiger charge is -2.36. The zero-order valence-corrected chi connectivity index (χ0v) is 17.1. The molecule has 2 aromatic rings. The van der Waals surface area contributed by atoms with E-state index in [1.54, 1.807) is 20.8 Å². The minimum absolute atomic E-state index is 0.0911. The first kappa shape index (κ1) is 20.9. The molecule has 0 saturated carbocycles. The zero-order chi connectivity index (χ0) is 20.6. The molecule has 11 heteroatoms. The number of nitrogens with zero attached hydrogens (tertiary/aromatic N) is 5. The summed E-state index contributed by atoms with van der Waals surface area (Å²) < 4.78 is 34.8. The van der Waals surface area contributed by atoms with Gasteiger partial charge in [-0.05, 0) is 32.4 Å². The molecular formula is C17H19Cl2F2N5O2. The number of fused-ring (bicyclic) bond motifs is 1. The van der Waals surface area contributed by atoms with Crippen molar-refractivity contribution in [1.82, 2.24) is 24.8 Å². The summed E-state index contributed by atoms with van der Waals surface area (Å²) in [6.45, 7) is 6.39. The summed E-state index contributed by atoms with van der Waals surface area (Å²) in [4.78, 5) is 26.6. The van der Waals surface area contributed by atoms with Gasteiger partial charge in [0.05, 0.1) is 0 Å². The highest BCUT2D eigenvalue weighted by molar-refractivity contribution is 6.30. The number of hydrogen-bond acceptors (Lipinski definition) is 6. The van der Waals surface area contributed by atoms with Crippen LogP contribution in [0.4, 0.5) is 13.6 Å². The average molecular weight is 434 g/mol. The van der Waals surface area contributed by atoms with Gasteiger partial charge in [-0.1, -0.05) is 11.6 Å². The molecule has 3 rings (SSSR count). The average Bonchev–Trinajstić information content (AvgIpc) is 2.62. The molecule has 1 fully saturated rings. The molecule has 0 aromatic carbocycles. The van der Waals surface area contributed by atoms with Gasteiger partial charge in [-0.2, -0.15) is 0 Å². The van der Waals surface area contributed by atoms with Gasteiger partial charge in [-0.15, -0.1) is 0 Å². The van der Waals surface area contributed by atoms with E-state index in [0.717, 1.165) is 0 Å². The van der Waals surface area contributed by atoms with Crippen LogP contribution in [0.5, 0.6) is 0 Å². The molecule has 1 atom stereocenters. The molecule has 152 valence electrons. The smallest absolute Gasteiger partial charge is 0.410 e. The van der Waals surface area contributed by atoms with Crippen LogP contribution in [0.2, 0.25) is 10.4 Å². The molecule has 0 aliphatic carbocycles. The van der Waals surface area contributed by atoms with Crippen LogP contribution in [-0.2, 0) is 4.74 Å². The SMILES string of the molecule is CC(C)(C)OC(=O)N1CCN(C(F)c2nc(Cl)nc3c(F)c(Cl)ncc23)CC1. The van der Waals surface area contributed by atoms with E-state index in [4.69, 9.17) is 27.9 Å². The first-order valence-electron chi connectivity index (χ1n) is 8.60. The molecule has 1 aliphatic rings. The quantitative estimate of drug-likeness (QED) is 0.405. The predicted molar refractivity (Wildman–Crippen MR) is 101 cm³/mol. The lowest BCUT2D eigenvalue weighted by molar-refractivity contribution is -0.00432. The first-order valence-corrected chi connectivity index (χ1v) is 9.35. The fraction of sp³-hybridized carbons (Fsp3) is 0.529. The molecule has 0 N–H and O–H groups in total. The molecule has 1 unspecified atom stereocenters. The van der Waals surface area contributed by atoms with E-state index >= 15 is 4.39 Å². The zero-order valence-electron chi connectivity index (χ0n) is 15.5. The number of rotatable bonds is 2. The van der Waals surface area contributed by atoms with Crippen molar-refractivity contribution < 1.29 is 18.3 Å². The van der Waals surface area contributed by atoms with Crippen molar-refractivity contribution >= 4 is 40.2 Å². The normalized spacial score (nSPS) is 17.0. The Kier molecular flexibility index (Phi) is 5.88. The predicted octanol–water partition coefficient (Wildman–Crippen LogP) is 3.99. The summed E-state index contributed by atoms with van der Waals surface area (Å²) in [6.07, 6.45) is -0.902. The summed E-state index contributed by atoms with van der Waals surface area (Å²) in [5.74, 6) is -0.883. The monoisotopic (exact) mass is 433 g/mol. The number of aromatic nitrogens is 3. The first-order chi connectivity index (χ1) is 13.1. The number of pyridine rings is 1. The maximum Gasteiger partial charge on any atom is 0.410 e. The molecule has 0 radical (unpaired) electrons. The van der Waals surface area contributed by atoms with E-state index in [0.29, 0.717) is 0 Å². The Balaban J connectivity index is 1.78. The third-order valence-corrected chi connectivity index (χ3v) is 4.59. The molecular weight excluding hydrogens is 415 g/mol. The van der Waals surface area contributed by atoms with Gasteiger partial charge in [0, 0.05) is 37.8 Å². The van der Waals surface area contributed by atoms with E-state index in [1.165, 1.54) is 16.0 Å². The molecule has 0 spiro atoms. The topological polar surface area (TPSA) is 71.5 Å². The second-order valence-corrected chi connectivity index (χ2v) is 8.04. The number of halogens is 4. The number of amides is 1. The molecule has 1 amide bonds. The fourth-order valence-electron chi connectivity index (χ4n) is 2.84. The third-order valence-electron chi connectivity index (χ3n) is 4.16. The van der Waals surface area contributed by atoms with Crippen molar-refractivity contribution in [2.45, 2.75) is 32.7 Å². The van der Waals surface area contributed by atoms with Gasteiger partial charge in [0.2, 0.25) is 5.28 Å². The fourth-order valence-corrected chi connectivity index (χ4v) is 3.15. The van der Waals surface area contributed by atoms with Crippen molar-refractivity contribution in [2.75, 3.05) is 26.2 Å². The minimum Gasteiger partial charge on any atom is -0.444 e. The van der Waals surface area contributed by atoms with Gasteiger partial charge in [-0.25, -0.2) is 28.5 Å². The summed E-state index contributed by atoms with van der Waals surface area (Å²) >= 11 is 11.5. The van der Waals surface area contributed by atoms with Gasteiger partial charge in [-0.3, -0.25) is 4.90 Å². The highest BCUT2D eigenvalue weighted by atomic mass is 35.5. The van der Waals surface area contributed by atoms with Crippen molar-refractivity contribution in [3.05, 3.63) is 28.1 Å². The van der Waals surface area contributed by atoms with Crippen LogP contribution >= 0.6 is 23.2 Å². The number of ether oxygens (including phenoxy) is 1. The lowest BCUT2D eigenvalue weighted by Crippen LogP contribution is -2.50. The van der Waals surface area contributed by atoms with E-state index in [9.17, 15) is 9.18 Å². The van der Waals surface area contributed by atoms with Gasteiger partial charge >= 0.3 is 6.09 Å². The van der Waals surface area contributed by atoms with E-state index < -0.39 is 23.8 Å². The van der Waals surface area contributed by atoms with Crippen molar-refractivity contribution in [2.24, 2.45) is 0 Å². The van der Waals surface area contributed by atoms with Crippen LogP contribution in [0.3, 0.4) is 0 Å². The summed E-state index contributed by atoms with van der Waals surface area (Å²) in [5.41, 5.74) is -0.889. The molecule has 1 aliphatic heterocycles. The molecule has 1 saturated heterocycles. The van der Waals surface area contributed by atoms with Gasteiger partial charge in [0.1, 0.15) is 16.8 Å². The van der Waals surface area contributed by atoms with E-state index in [2.05, 4.69) is 15.0 Å². The maximum absolute atomic E-state index is 15.2.